The SMILES string of the molecule is CCN(CC)CCCN(C(=O)COc1ccc(C)cc1)c1nc(-c2ccc(OC)cc2)cs1. The Hall–Kier alpha value is -2.90. The number of hydrogen-bond acceptors (Lipinski definition) is 6. The molecule has 2 aromatic carbocycles. The van der Waals surface area contributed by atoms with Crippen molar-refractivity contribution in [1.82, 2.24) is 9.88 Å². The van der Waals surface area contributed by atoms with Crippen LogP contribution in [0.1, 0.15) is 25.8 Å². The molecule has 176 valence electrons. The molecule has 6 nitrogen and oxygen atoms in total. The van der Waals surface area contributed by atoms with Gasteiger partial charge in [-0.05, 0) is 69.4 Å². The second kappa shape index (κ2) is 12.4. The van der Waals surface area contributed by atoms with Crippen molar-refractivity contribution in [2.75, 3.05) is 44.8 Å². The van der Waals surface area contributed by atoms with Crippen LogP contribution in [0.25, 0.3) is 11.3 Å². The third-order valence-corrected chi connectivity index (χ3v) is 6.41. The molecule has 0 saturated heterocycles. The summed E-state index contributed by atoms with van der Waals surface area (Å²) in [7, 11) is 1.65. The molecule has 0 aliphatic carbocycles. The van der Waals surface area contributed by atoms with Gasteiger partial charge in [0.05, 0.1) is 12.8 Å². The van der Waals surface area contributed by atoms with E-state index in [9.17, 15) is 4.79 Å². The highest BCUT2D eigenvalue weighted by Crippen LogP contribution is 2.29. The van der Waals surface area contributed by atoms with E-state index in [1.54, 1.807) is 12.0 Å². The summed E-state index contributed by atoms with van der Waals surface area (Å²) in [6, 6.07) is 15.5. The number of hydrogen-bond donors (Lipinski definition) is 0. The van der Waals surface area contributed by atoms with E-state index in [4.69, 9.17) is 14.5 Å². The number of thiazole rings is 1. The largest absolute Gasteiger partial charge is 0.497 e. The Morgan fingerprint density at radius 2 is 1.64 bits per heavy atom. The molecule has 1 heterocycles. The molecule has 3 rings (SSSR count). The van der Waals surface area contributed by atoms with E-state index in [2.05, 4.69) is 18.7 Å². The standard InChI is InChI=1S/C26H33N3O3S/c1-5-28(6-2)16-7-17-29(25(30)18-32-23-12-8-20(3)9-13-23)26-27-24(19-33-26)21-10-14-22(31-4)15-11-21/h8-15,19H,5-7,16-18H2,1-4H3. The number of anilines is 1. The second-order valence-corrected chi connectivity index (χ2v) is 8.61. The fourth-order valence-corrected chi connectivity index (χ4v) is 4.34. The first-order valence-electron chi connectivity index (χ1n) is 11.4. The lowest BCUT2D eigenvalue weighted by Gasteiger charge is -2.23. The van der Waals surface area contributed by atoms with Crippen molar-refractivity contribution in [1.29, 1.82) is 0 Å². The number of aromatic nitrogens is 1. The number of rotatable bonds is 12. The van der Waals surface area contributed by atoms with Crippen LogP contribution in [0.3, 0.4) is 0 Å². The highest BCUT2D eigenvalue weighted by atomic mass is 32.1. The van der Waals surface area contributed by atoms with Crippen LogP contribution < -0.4 is 14.4 Å². The molecule has 0 bridgehead atoms. The van der Waals surface area contributed by atoms with E-state index >= 15 is 0 Å². The first-order chi connectivity index (χ1) is 16.0. The summed E-state index contributed by atoms with van der Waals surface area (Å²) in [5.74, 6) is 1.40. The van der Waals surface area contributed by atoms with Crippen LogP contribution in [0.2, 0.25) is 0 Å². The summed E-state index contributed by atoms with van der Waals surface area (Å²) in [6.07, 6.45) is 0.870. The van der Waals surface area contributed by atoms with Gasteiger partial charge in [0.1, 0.15) is 11.5 Å². The number of carbonyl (C=O) groups excluding carboxylic acids is 1. The predicted octanol–water partition coefficient (Wildman–Crippen LogP) is 5.27. The van der Waals surface area contributed by atoms with Crippen molar-refractivity contribution in [2.45, 2.75) is 27.2 Å². The third-order valence-electron chi connectivity index (χ3n) is 5.54. The van der Waals surface area contributed by atoms with E-state index in [-0.39, 0.29) is 12.5 Å². The van der Waals surface area contributed by atoms with E-state index < -0.39 is 0 Å². The lowest BCUT2D eigenvalue weighted by atomic mass is 10.2. The topological polar surface area (TPSA) is 54.9 Å². The first kappa shape index (κ1) is 24.7. The molecule has 0 atom stereocenters. The third kappa shape index (κ3) is 7.04. The van der Waals surface area contributed by atoms with Crippen molar-refractivity contribution in [3.05, 3.63) is 59.5 Å². The molecule has 0 aliphatic rings. The van der Waals surface area contributed by atoms with Crippen molar-refractivity contribution >= 4 is 22.4 Å². The summed E-state index contributed by atoms with van der Waals surface area (Å²) >= 11 is 1.48. The van der Waals surface area contributed by atoms with Gasteiger partial charge in [-0.25, -0.2) is 4.98 Å². The quantitative estimate of drug-likeness (QED) is 0.363. The van der Waals surface area contributed by atoms with Crippen LogP contribution >= 0.6 is 11.3 Å². The summed E-state index contributed by atoms with van der Waals surface area (Å²) in [4.78, 5) is 22.1. The van der Waals surface area contributed by atoms with E-state index in [1.165, 1.54) is 11.3 Å². The van der Waals surface area contributed by atoms with Gasteiger partial charge in [0.15, 0.2) is 11.7 Å². The van der Waals surface area contributed by atoms with Crippen molar-refractivity contribution in [3.63, 3.8) is 0 Å². The number of aryl methyl sites for hydroxylation is 1. The van der Waals surface area contributed by atoms with Crippen LogP contribution in [0.15, 0.2) is 53.9 Å². The molecule has 3 aromatic rings. The first-order valence-corrected chi connectivity index (χ1v) is 12.2. The number of benzene rings is 2. The van der Waals surface area contributed by atoms with Gasteiger partial charge in [-0.3, -0.25) is 9.69 Å². The second-order valence-electron chi connectivity index (χ2n) is 7.77. The Morgan fingerprint density at radius 1 is 0.970 bits per heavy atom. The van der Waals surface area contributed by atoms with Gasteiger partial charge in [0.2, 0.25) is 0 Å². The number of ether oxygens (including phenoxy) is 2. The highest BCUT2D eigenvalue weighted by molar-refractivity contribution is 7.14. The maximum Gasteiger partial charge on any atom is 0.266 e. The van der Waals surface area contributed by atoms with Crippen molar-refractivity contribution < 1.29 is 14.3 Å². The predicted molar refractivity (Wildman–Crippen MR) is 136 cm³/mol. The molecule has 0 N–H and O–H groups in total. The molecule has 1 aromatic heterocycles. The van der Waals surface area contributed by atoms with E-state index in [0.717, 1.165) is 48.6 Å². The minimum absolute atomic E-state index is 0.0220. The Morgan fingerprint density at radius 3 is 2.27 bits per heavy atom. The smallest absolute Gasteiger partial charge is 0.266 e. The molecule has 0 fully saturated rings. The summed E-state index contributed by atoms with van der Waals surface area (Å²) < 4.78 is 11.0. The zero-order chi connectivity index (χ0) is 23.6. The van der Waals surface area contributed by atoms with Gasteiger partial charge < -0.3 is 14.4 Å². The van der Waals surface area contributed by atoms with Gasteiger partial charge in [-0.1, -0.05) is 31.5 Å². The molecule has 7 heteroatoms. The molecule has 1 amide bonds. The highest BCUT2D eigenvalue weighted by Gasteiger charge is 2.20. The Labute approximate surface area is 200 Å². The summed E-state index contributed by atoms with van der Waals surface area (Å²) in [6.45, 7) is 9.85. The average Bonchev–Trinajstić information content (AvgIpc) is 3.33. The van der Waals surface area contributed by atoms with Gasteiger partial charge >= 0.3 is 0 Å². The molecule has 0 saturated carbocycles. The van der Waals surface area contributed by atoms with Crippen LogP contribution in [0.5, 0.6) is 11.5 Å². The Balaban J connectivity index is 1.73. The van der Waals surface area contributed by atoms with Gasteiger partial charge in [0.25, 0.3) is 5.91 Å². The molecule has 0 radical (unpaired) electrons. The molecule has 0 unspecified atom stereocenters. The normalized spacial score (nSPS) is 10.9. The summed E-state index contributed by atoms with van der Waals surface area (Å²) in [5.41, 5.74) is 2.99. The van der Waals surface area contributed by atoms with E-state index in [0.29, 0.717) is 17.4 Å². The Kier molecular flexibility index (Phi) is 9.27. The van der Waals surface area contributed by atoms with Gasteiger partial charge in [-0.2, -0.15) is 0 Å². The molecular formula is C26H33N3O3S. The maximum atomic E-state index is 13.2. The molecule has 33 heavy (non-hydrogen) atoms. The molecular weight excluding hydrogens is 434 g/mol. The number of methoxy groups -OCH3 is 1. The summed E-state index contributed by atoms with van der Waals surface area (Å²) in [5, 5.41) is 2.68. The lowest BCUT2D eigenvalue weighted by Crippen LogP contribution is -2.37. The lowest BCUT2D eigenvalue weighted by molar-refractivity contribution is -0.120. The van der Waals surface area contributed by atoms with Crippen LogP contribution in [-0.4, -0.2) is 55.7 Å². The van der Waals surface area contributed by atoms with Crippen LogP contribution in [0.4, 0.5) is 5.13 Å². The van der Waals surface area contributed by atoms with Gasteiger partial charge in [0, 0.05) is 17.5 Å². The molecule has 0 aliphatic heterocycles. The number of amides is 1. The van der Waals surface area contributed by atoms with E-state index in [1.807, 2.05) is 60.8 Å². The van der Waals surface area contributed by atoms with Crippen LogP contribution in [0, 0.1) is 6.92 Å². The fraction of sp³-hybridized carbons (Fsp3) is 0.385. The van der Waals surface area contributed by atoms with Crippen molar-refractivity contribution in [2.24, 2.45) is 0 Å². The van der Waals surface area contributed by atoms with Crippen LogP contribution in [-0.2, 0) is 4.79 Å². The zero-order valence-corrected chi connectivity index (χ0v) is 20.7. The maximum absolute atomic E-state index is 13.2. The minimum Gasteiger partial charge on any atom is -0.497 e. The zero-order valence-electron chi connectivity index (χ0n) is 19.9. The van der Waals surface area contributed by atoms with Gasteiger partial charge in [-0.15, -0.1) is 11.3 Å². The fourth-order valence-electron chi connectivity index (χ4n) is 3.46. The number of carbonyl (C=O) groups is 1. The molecule has 0 spiro atoms. The Bertz CT molecular complexity index is 998. The monoisotopic (exact) mass is 467 g/mol. The average molecular weight is 468 g/mol. The minimum atomic E-state index is -0.0919. The van der Waals surface area contributed by atoms with Crippen molar-refractivity contribution in [3.8, 4) is 22.8 Å². The number of nitrogens with zero attached hydrogens (tertiary/aromatic N) is 3.